The van der Waals surface area contributed by atoms with Crippen LogP contribution in [0.25, 0.3) is 0 Å². The van der Waals surface area contributed by atoms with E-state index in [1.807, 2.05) is 0 Å². The van der Waals surface area contributed by atoms with Crippen LogP contribution in [0.3, 0.4) is 0 Å². The third kappa shape index (κ3) is 5.59. The molecule has 2 fully saturated rings. The van der Waals surface area contributed by atoms with Crippen LogP contribution in [0.1, 0.15) is 71.1 Å². The summed E-state index contributed by atoms with van der Waals surface area (Å²) in [6.45, 7) is 5.46. The molecule has 2 rings (SSSR count). The van der Waals surface area contributed by atoms with E-state index in [4.69, 9.17) is 0 Å². The van der Waals surface area contributed by atoms with Gasteiger partial charge in [0.15, 0.2) is 0 Å². The van der Waals surface area contributed by atoms with Crippen molar-refractivity contribution >= 4 is 5.91 Å². The predicted molar refractivity (Wildman–Crippen MR) is 85.2 cm³/mol. The van der Waals surface area contributed by atoms with Gasteiger partial charge in [-0.3, -0.25) is 4.79 Å². The van der Waals surface area contributed by atoms with E-state index in [1.54, 1.807) is 0 Å². The minimum absolute atomic E-state index is 0.0192. The molecule has 0 bridgehead atoms. The van der Waals surface area contributed by atoms with Gasteiger partial charge in [0, 0.05) is 12.6 Å². The molecule has 0 spiro atoms. The Balaban J connectivity index is 1.52. The van der Waals surface area contributed by atoms with Crippen molar-refractivity contribution in [2.24, 2.45) is 0 Å². The van der Waals surface area contributed by atoms with E-state index in [2.05, 4.69) is 17.1 Å². The van der Waals surface area contributed by atoms with E-state index >= 15 is 0 Å². The number of rotatable bonds is 7. The molecule has 1 aliphatic heterocycles. The van der Waals surface area contributed by atoms with Gasteiger partial charge < -0.3 is 15.3 Å². The smallest absolute Gasteiger partial charge is 0.222 e. The maximum atomic E-state index is 11.8. The Kier molecular flexibility index (Phi) is 6.49. The van der Waals surface area contributed by atoms with Gasteiger partial charge >= 0.3 is 0 Å². The second-order valence-corrected chi connectivity index (χ2v) is 7.05. The van der Waals surface area contributed by atoms with Gasteiger partial charge in [-0.1, -0.05) is 19.3 Å². The number of unbranched alkanes of at least 4 members (excludes halogenated alkanes) is 1. The number of likely N-dealkylation sites (tertiary alicyclic amines) is 1. The van der Waals surface area contributed by atoms with Crippen molar-refractivity contribution in [1.82, 2.24) is 10.2 Å². The summed E-state index contributed by atoms with van der Waals surface area (Å²) in [4.78, 5) is 14.4. The van der Waals surface area contributed by atoms with E-state index in [0.29, 0.717) is 0 Å². The Hall–Kier alpha value is -0.610. The maximum Gasteiger partial charge on any atom is 0.222 e. The van der Waals surface area contributed by atoms with Crippen molar-refractivity contribution in [3.63, 3.8) is 0 Å². The third-order valence-corrected chi connectivity index (χ3v) is 5.16. The highest BCUT2D eigenvalue weighted by Crippen LogP contribution is 2.32. The van der Waals surface area contributed by atoms with E-state index in [9.17, 15) is 9.90 Å². The Morgan fingerprint density at radius 3 is 2.71 bits per heavy atom. The molecule has 0 aromatic carbocycles. The molecule has 1 atom stereocenters. The predicted octanol–water partition coefficient (Wildman–Crippen LogP) is 2.45. The van der Waals surface area contributed by atoms with Gasteiger partial charge in [-0.2, -0.15) is 0 Å². The molecule has 2 aliphatic rings. The summed E-state index contributed by atoms with van der Waals surface area (Å²) in [5.74, 6) is 0.0192. The molecule has 1 amide bonds. The van der Waals surface area contributed by atoms with Crippen LogP contribution in [0.5, 0.6) is 0 Å². The number of hydrogen-bond acceptors (Lipinski definition) is 3. The van der Waals surface area contributed by atoms with Gasteiger partial charge in [0.05, 0.1) is 12.0 Å². The first-order valence-corrected chi connectivity index (χ1v) is 8.82. The zero-order valence-corrected chi connectivity index (χ0v) is 13.6. The summed E-state index contributed by atoms with van der Waals surface area (Å²) in [6, 6.07) is 0.727. The molecule has 0 aromatic heterocycles. The number of aliphatic hydroxyl groups is 1. The van der Waals surface area contributed by atoms with E-state index in [1.165, 1.54) is 25.8 Å². The normalized spacial score (nSPS) is 25.9. The molecular formula is C17H32N2O2. The fourth-order valence-corrected chi connectivity index (χ4v) is 3.73. The lowest BCUT2D eigenvalue weighted by atomic mass is 9.98. The van der Waals surface area contributed by atoms with Crippen molar-refractivity contribution in [3.8, 4) is 0 Å². The Labute approximate surface area is 129 Å². The highest BCUT2D eigenvalue weighted by Gasteiger charge is 2.33. The first-order valence-electron chi connectivity index (χ1n) is 8.82. The van der Waals surface area contributed by atoms with E-state index < -0.39 is 5.60 Å². The van der Waals surface area contributed by atoms with Gasteiger partial charge in [0.25, 0.3) is 0 Å². The Morgan fingerprint density at radius 2 is 2.00 bits per heavy atom. The number of nitrogens with zero attached hydrogens (tertiary/aromatic N) is 1. The molecule has 0 radical (unpaired) electrons. The molecule has 21 heavy (non-hydrogen) atoms. The molecule has 1 unspecified atom stereocenters. The monoisotopic (exact) mass is 296 g/mol. The quantitative estimate of drug-likeness (QED) is 0.710. The molecule has 1 heterocycles. The number of carbonyl (C=O) groups is 1. The molecule has 1 saturated carbocycles. The number of hydrogen-bond donors (Lipinski definition) is 2. The standard InChI is InChI=1S/C17H32N2O2/c1-15-8-2-6-12-19(15)13-7-5-11-18-16(20)14-17(21)9-3-4-10-17/h15,21H,2-14H2,1H3,(H,18,20). The minimum atomic E-state index is -0.715. The van der Waals surface area contributed by atoms with Crippen molar-refractivity contribution < 1.29 is 9.90 Å². The average molecular weight is 296 g/mol. The van der Waals surface area contributed by atoms with Crippen LogP contribution in [0, 0.1) is 0 Å². The number of amides is 1. The largest absolute Gasteiger partial charge is 0.389 e. The van der Waals surface area contributed by atoms with Crippen LogP contribution in [-0.2, 0) is 4.79 Å². The van der Waals surface area contributed by atoms with Crippen molar-refractivity contribution in [2.75, 3.05) is 19.6 Å². The summed E-state index contributed by atoms with van der Waals surface area (Å²) in [5.41, 5.74) is -0.715. The topological polar surface area (TPSA) is 52.6 Å². The molecule has 0 aromatic rings. The SMILES string of the molecule is CC1CCCCN1CCCCNC(=O)CC1(O)CCCC1. The lowest BCUT2D eigenvalue weighted by molar-refractivity contribution is -0.125. The summed E-state index contributed by atoms with van der Waals surface area (Å²) in [7, 11) is 0. The molecule has 1 aliphatic carbocycles. The number of nitrogens with one attached hydrogen (secondary N) is 1. The van der Waals surface area contributed by atoms with Gasteiger partial charge in [-0.05, 0) is 58.5 Å². The zero-order chi connectivity index (χ0) is 15.1. The second kappa shape index (κ2) is 8.14. The van der Waals surface area contributed by atoms with Crippen LogP contribution in [0.15, 0.2) is 0 Å². The van der Waals surface area contributed by atoms with Crippen LogP contribution in [0.2, 0.25) is 0 Å². The Bertz CT molecular complexity index is 327. The summed E-state index contributed by atoms with van der Waals surface area (Å²) >= 11 is 0. The molecule has 1 saturated heterocycles. The third-order valence-electron chi connectivity index (χ3n) is 5.16. The van der Waals surface area contributed by atoms with Crippen LogP contribution in [-0.4, -0.2) is 47.2 Å². The summed E-state index contributed by atoms with van der Waals surface area (Å²) in [5, 5.41) is 13.2. The second-order valence-electron chi connectivity index (χ2n) is 7.05. The lowest BCUT2D eigenvalue weighted by Gasteiger charge is -2.33. The van der Waals surface area contributed by atoms with Gasteiger partial charge in [-0.15, -0.1) is 0 Å². The highest BCUT2D eigenvalue weighted by molar-refractivity contribution is 5.77. The minimum Gasteiger partial charge on any atom is -0.389 e. The van der Waals surface area contributed by atoms with Crippen molar-refractivity contribution in [3.05, 3.63) is 0 Å². The van der Waals surface area contributed by atoms with Crippen LogP contribution >= 0.6 is 0 Å². The Morgan fingerprint density at radius 1 is 1.24 bits per heavy atom. The number of carbonyl (C=O) groups excluding carboxylic acids is 1. The first-order chi connectivity index (χ1) is 10.1. The van der Waals surface area contributed by atoms with Crippen LogP contribution in [0.4, 0.5) is 0 Å². The fourth-order valence-electron chi connectivity index (χ4n) is 3.73. The van der Waals surface area contributed by atoms with E-state index in [0.717, 1.165) is 57.7 Å². The molecule has 122 valence electrons. The average Bonchev–Trinajstić information content (AvgIpc) is 2.86. The molecule has 4 nitrogen and oxygen atoms in total. The van der Waals surface area contributed by atoms with Crippen molar-refractivity contribution in [2.45, 2.75) is 82.8 Å². The highest BCUT2D eigenvalue weighted by atomic mass is 16.3. The van der Waals surface area contributed by atoms with Gasteiger partial charge in [-0.25, -0.2) is 0 Å². The first kappa shape index (κ1) is 16.8. The van der Waals surface area contributed by atoms with Crippen molar-refractivity contribution in [1.29, 1.82) is 0 Å². The fraction of sp³-hybridized carbons (Fsp3) is 0.941. The zero-order valence-electron chi connectivity index (χ0n) is 13.6. The van der Waals surface area contributed by atoms with E-state index in [-0.39, 0.29) is 12.3 Å². The lowest BCUT2D eigenvalue weighted by Crippen LogP contribution is -2.38. The number of piperidine rings is 1. The summed E-state index contributed by atoms with van der Waals surface area (Å²) < 4.78 is 0. The van der Waals surface area contributed by atoms with Gasteiger partial charge in [0.1, 0.15) is 0 Å². The van der Waals surface area contributed by atoms with Crippen LogP contribution < -0.4 is 5.32 Å². The summed E-state index contributed by atoms with van der Waals surface area (Å²) in [6.07, 6.45) is 10.2. The molecular weight excluding hydrogens is 264 g/mol. The molecule has 4 heteroatoms. The molecule has 2 N–H and O–H groups in total. The van der Waals surface area contributed by atoms with Gasteiger partial charge in [0.2, 0.25) is 5.91 Å². The maximum absolute atomic E-state index is 11.8.